The second kappa shape index (κ2) is 12.9. The van der Waals surface area contributed by atoms with Crippen molar-refractivity contribution in [3.8, 4) is 16.8 Å². The zero-order valence-corrected chi connectivity index (χ0v) is 33.9. The largest absolute Gasteiger partial charge is 3.00 e. The number of hydrogen-bond acceptors (Lipinski definition) is 0. The number of para-hydroxylation sites is 1. The van der Waals surface area contributed by atoms with Crippen LogP contribution in [0.3, 0.4) is 0 Å². The molecule has 0 saturated heterocycles. The van der Waals surface area contributed by atoms with Crippen LogP contribution >= 0.6 is 0 Å². The van der Waals surface area contributed by atoms with Crippen LogP contribution in [0.2, 0.25) is 13.1 Å². The van der Waals surface area contributed by atoms with Crippen LogP contribution in [0.4, 0.5) is 0 Å². The summed E-state index contributed by atoms with van der Waals surface area (Å²) in [6, 6.07) is 34.3. The van der Waals surface area contributed by atoms with Crippen molar-refractivity contribution >= 4 is 24.0 Å². The first kappa shape index (κ1) is 35.8. The van der Waals surface area contributed by atoms with Gasteiger partial charge in [-0.25, -0.2) is 0 Å². The van der Waals surface area contributed by atoms with Crippen molar-refractivity contribution < 1.29 is 51.0 Å². The summed E-state index contributed by atoms with van der Waals surface area (Å²) in [6.45, 7) is 11.8. The molecule has 1 atom stereocenters. The number of allylic oxidation sites excluding steroid dienone is 1. The summed E-state index contributed by atoms with van der Waals surface area (Å²) in [5, 5.41) is 4.47. The number of nitrogens with zero attached hydrogens (tertiary/aromatic N) is 1. The molecule has 6 bridgehead atoms. The summed E-state index contributed by atoms with van der Waals surface area (Å²) in [4.78, 5) is 0. The number of rotatable bonds is 3. The van der Waals surface area contributed by atoms with E-state index in [1.807, 2.05) is 0 Å². The van der Waals surface area contributed by atoms with Gasteiger partial charge in [0.15, 0.2) is 0 Å². The number of halogens is 2. The molecule has 5 heteroatoms. The standard InChI is InChI=1S/C26H27.C17H19NSi.2ClH.Zr/c1-17-9-22-3-2-4-24(25(22)10-17)21-5-7-23(8-6-21)26-14-18-11-19(15-26)13-20(12-18)16-26;1-11-10-14-15(17-12(2)16(14)19(17,3)4)18(11)13-8-6-5-7-9-13;;;/h2-10,18-20H,11-16H2,1H3;5-10,16H,1-4H3;2*1H;/q-1;;;;+3/p-2. The second-order valence-corrected chi connectivity index (χ2v) is 20.6. The molecule has 5 aromatic rings. The summed E-state index contributed by atoms with van der Waals surface area (Å²) < 4.78 is 2.47. The van der Waals surface area contributed by atoms with E-state index in [0.717, 1.165) is 23.3 Å². The minimum Gasteiger partial charge on any atom is -1.00 e. The van der Waals surface area contributed by atoms with Crippen LogP contribution < -0.4 is 24.8 Å². The maximum absolute atomic E-state index is 2.52. The van der Waals surface area contributed by atoms with Crippen LogP contribution in [0.15, 0.2) is 96.6 Å². The molecule has 5 aliphatic carbocycles. The van der Waals surface area contributed by atoms with E-state index in [4.69, 9.17) is 0 Å². The molecule has 3 heterocycles. The van der Waals surface area contributed by atoms with Crippen LogP contribution in [0.5, 0.6) is 0 Å². The Labute approximate surface area is 319 Å². The molecule has 1 nitrogen and oxygen atoms in total. The molecule has 1 unspecified atom stereocenters. The molecule has 12 rings (SSSR count). The van der Waals surface area contributed by atoms with Crippen molar-refractivity contribution in [3.05, 3.63) is 125 Å². The van der Waals surface area contributed by atoms with E-state index in [2.05, 4.69) is 129 Å². The normalized spacial score (nSPS) is 26.4. The summed E-state index contributed by atoms with van der Waals surface area (Å²) in [5.74, 6) is 3.05. The number of hydrogen-bond donors (Lipinski definition) is 0. The van der Waals surface area contributed by atoms with Gasteiger partial charge in [0, 0.05) is 22.6 Å². The van der Waals surface area contributed by atoms with Gasteiger partial charge in [0.05, 0.1) is 8.07 Å². The van der Waals surface area contributed by atoms with Gasteiger partial charge in [0.25, 0.3) is 0 Å². The number of fused-ring (bicyclic) bond motifs is 1. The van der Waals surface area contributed by atoms with Gasteiger partial charge in [-0.3, -0.25) is 0 Å². The molecule has 0 amide bonds. The predicted molar refractivity (Wildman–Crippen MR) is 193 cm³/mol. The average molecular weight is 767 g/mol. The van der Waals surface area contributed by atoms with Gasteiger partial charge in [0.1, 0.15) is 0 Å². The van der Waals surface area contributed by atoms with Crippen molar-refractivity contribution in [2.75, 3.05) is 0 Å². The molecule has 0 N–H and O–H groups in total. The van der Waals surface area contributed by atoms with E-state index in [0.29, 0.717) is 5.41 Å². The average Bonchev–Trinajstić information content (AvgIpc) is 3.70. The fraction of sp³-hybridized carbons (Fsp3) is 0.372. The number of aromatic nitrogens is 1. The molecule has 245 valence electrons. The molecule has 1 radical (unpaired) electrons. The second-order valence-electron chi connectivity index (χ2n) is 16.1. The van der Waals surface area contributed by atoms with Crippen molar-refractivity contribution in [1.29, 1.82) is 0 Å². The monoisotopic (exact) mass is 764 g/mol. The minimum absolute atomic E-state index is 0. The van der Waals surface area contributed by atoms with Gasteiger partial charge in [-0.2, -0.15) is 6.07 Å². The van der Waals surface area contributed by atoms with Crippen molar-refractivity contribution in [2.24, 2.45) is 17.8 Å². The van der Waals surface area contributed by atoms with E-state index in [1.54, 1.807) is 21.9 Å². The Bertz CT molecular complexity index is 1960. The molecule has 1 aromatic heterocycles. The zero-order valence-electron chi connectivity index (χ0n) is 28.9. The summed E-state index contributed by atoms with van der Waals surface area (Å²) in [5.41, 5.74) is 14.5. The van der Waals surface area contributed by atoms with Crippen molar-refractivity contribution in [2.45, 2.75) is 83.3 Å². The number of benzene rings is 3. The third-order valence-corrected chi connectivity index (χ3v) is 16.8. The fourth-order valence-corrected chi connectivity index (χ4v) is 15.8. The SMILES string of the molecule is CC1=C2c3c(cc(C)n3-c3ccccc3)C1[Si]2(C)C.Cc1cc2c(-c3ccc(C45CC6CC(CC(C6)C4)C5)cc3)cccc2[cH-]1.[Cl-].[Cl-].[Zr+3]. The van der Waals surface area contributed by atoms with Gasteiger partial charge < -0.3 is 29.4 Å². The van der Waals surface area contributed by atoms with Gasteiger partial charge >= 0.3 is 26.2 Å². The Hall–Kier alpha value is -2.03. The predicted octanol–water partition coefficient (Wildman–Crippen LogP) is 5.46. The van der Waals surface area contributed by atoms with E-state index in [-0.39, 0.29) is 51.0 Å². The van der Waals surface area contributed by atoms with E-state index >= 15 is 0 Å². The Kier molecular flexibility index (Phi) is 9.65. The Morgan fingerprint density at radius 1 is 0.750 bits per heavy atom. The Morgan fingerprint density at radius 3 is 1.98 bits per heavy atom. The molecule has 4 aromatic carbocycles. The Morgan fingerprint density at radius 2 is 1.38 bits per heavy atom. The molecular formula is C43H46Cl2NSiZr. The maximum atomic E-state index is 2.52. The van der Waals surface area contributed by atoms with Crippen molar-refractivity contribution in [3.63, 3.8) is 0 Å². The molecule has 4 fully saturated rings. The van der Waals surface area contributed by atoms with E-state index in [1.165, 1.54) is 83.1 Å². The summed E-state index contributed by atoms with van der Waals surface area (Å²) in [7, 11) is -1.19. The molecular weight excluding hydrogens is 721 g/mol. The summed E-state index contributed by atoms with van der Waals surface area (Å²) in [6.07, 6.45) is 8.93. The number of aryl methyl sites for hydroxylation is 2. The van der Waals surface area contributed by atoms with Crippen LogP contribution in [-0.4, -0.2) is 12.6 Å². The molecule has 4 saturated carbocycles. The van der Waals surface area contributed by atoms with Gasteiger partial charge in [-0.1, -0.05) is 79.7 Å². The molecule has 0 spiro atoms. The van der Waals surface area contributed by atoms with Crippen LogP contribution in [0, 0.1) is 31.6 Å². The smallest absolute Gasteiger partial charge is 1.00 e. The first-order valence-corrected chi connectivity index (χ1v) is 20.6. The topological polar surface area (TPSA) is 4.93 Å². The van der Waals surface area contributed by atoms with Crippen LogP contribution in [0.1, 0.15) is 79.1 Å². The Balaban J connectivity index is 0.000000164. The van der Waals surface area contributed by atoms with E-state index < -0.39 is 8.07 Å². The van der Waals surface area contributed by atoms with Crippen LogP contribution in [0.25, 0.3) is 32.8 Å². The first-order valence-electron chi connectivity index (χ1n) is 17.5. The van der Waals surface area contributed by atoms with Crippen molar-refractivity contribution in [1.82, 2.24) is 4.57 Å². The van der Waals surface area contributed by atoms with Gasteiger partial charge in [-0.15, -0.1) is 34.5 Å². The fourth-order valence-electron chi connectivity index (χ4n) is 11.5. The van der Waals surface area contributed by atoms with Gasteiger partial charge in [-0.05, 0) is 116 Å². The van der Waals surface area contributed by atoms with Crippen LogP contribution in [-0.2, 0) is 31.6 Å². The third kappa shape index (κ3) is 5.37. The minimum atomic E-state index is -1.19. The summed E-state index contributed by atoms with van der Waals surface area (Å²) >= 11 is 0. The molecule has 48 heavy (non-hydrogen) atoms. The van der Waals surface area contributed by atoms with Gasteiger partial charge in [0.2, 0.25) is 0 Å². The molecule has 2 aliphatic heterocycles. The zero-order chi connectivity index (χ0) is 30.7. The third-order valence-electron chi connectivity index (χ3n) is 12.7. The maximum Gasteiger partial charge on any atom is 3.00 e. The first-order chi connectivity index (χ1) is 21.7. The van der Waals surface area contributed by atoms with E-state index in [9.17, 15) is 0 Å². The molecule has 7 aliphatic rings. The quantitative estimate of drug-likeness (QED) is 0.170.